The minimum absolute atomic E-state index is 0.227. The van der Waals surface area contributed by atoms with Gasteiger partial charge in [-0.2, -0.15) is 0 Å². The van der Waals surface area contributed by atoms with Crippen LogP contribution in [0.25, 0.3) is 44.7 Å². The molecule has 3 atom stereocenters. The van der Waals surface area contributed by atoms with E-state index in [-0.39, 0.29) is 23.9 Å². The second-order valence-electron chi connectivity index (χ2n) is 15.4. The van der Waals surface area contributed by atoms with Crippen LogP contribution in [0.3, 0.4) is 0 Å². The van der Waals surface area contributed by atoms with Gasteiger partial charge >= 0.3 is 0 Å². The number of thiophene rings is 1. The van der Waals surface area contributed by atoms with Crippen molar-refractivity contribution in [2.45, 2.75) is 83.7 Å². The van der Waals surface area contributed by atoms with Gasteiger partial charge in [-0.15, -0.1) is 11.3 Å². The summed E-state index contributed by atoms with van der Waals surface area (Å²) in [5.74, 6) is 3.02. The molecule has 14 heteroatoms. The Kier molecular flexibility index (Phi) is 14.7. The largest absolute Gasteiger partial charge is 0.464 e. The van der Waals surface area contributed by atoms with E-state index in [1.54, 1.807) is 19.4 Å². The van der Waals surface area contributed by atoms with Gasteiger partial charge in [0, 0.05) is 28.5 Å². The standard InChI is InChI=1S/C37H38FN7OS.C6H12O2.CH5N.CH2O/c1-3-13-44(2)20-34-40-18-28(42-34)23-15-25(38)35-30-16-24-14-22(27-19-41-36(43-27)26-5-4-12-39-26)8-9-29(24)45(30)37(46-31(35)17-23)33-11-10-32(47-33)21-6-7-21;1-5(2)6(4-7)8-3;2*1-2/h8-11,14-19,21,26,37,39H,3-7,12-13,20H2,1-2H3,(H,40,42)(H,41,43);4-6H,1-3H3;2H2,1H3;1H2. The molecule has 1 saturated carbocycles. The van der Waals surface area contributed by atoms with Crippen LogP contribution < -0.4 is 15.8 Å². The predicted molar refractivity (Wildman–Crippen MR) is 233 cm³/mol. The number of hydrogen-bond acceptors (Lipinski definition) is 10. The van der Waals surface area contributed by atoms with E-state index in [4.69, 9.17) is 19.3 Å². The molecule has 6 heterocycles. The first-order valence-corrected chi connectivity index (χ1v) is 21.2. The topological polar surface area (TPSA) is 156 Å². The molecule has 2 fully saturated rings. The van der Waals surface area contributed by atoms with Crippen molar-refractivity contribution in [3.8, 4) is 39.5 Å². The summed E-state index contributed by atoms with van der Waals surface area (Å²) >= 11 is 1.81. The van der Waals surface area contributed by atoms with Crippen LogP contribution in [0.2, 0.25) is 0 Å². The van der Waals surface area contributed by atoms with Gasteiger partial charge < -0.3 is 40.1 Å². The number of nitrogens with zero attached hydrogens (tertiary/aromatic N) is 4. The molecule has 0 spiro atoms. The summed E-state index contributed by atoms with van der Waals surface area (Å²) in [6.07, 6.45) is 9.73. The molecule has 0 radical (unpaired) electrons. The highest BCUT2D eigenvalue weighted by Crippen LogP contribution is 2.50. The van der Waals surface area contributed by atoms with Gasteiger partial charge in [0.2, 0.25) is 6.23 Å². The molecule has 4 aromatic heterocycles. The highest BCUT2D eigenvalue weighted by molar-refractivity contribution is 7.12. The zero-order chi connectivity index (χ0) is 42.2. The maximum atomic E-state index is 16.3. The normalized spacial score (nSPS) is 17.2. The van der Waals surface area contributed by atoms with Gasteiger partial charge in [-0.1, -0.05) is 26.8 Å². The Morgan fingerprint density at radius 2 is 1.78 bits per heavy atom. The lowest BCUT2D eigenvalue weighted by atomic mass is 10.0. The molecule has 1 saturated heterocycles. The summed E-state index contributed by atoms with van der Waals surface area (Å²) in [6, 6.07) is 16.8. The second kappa shape index (κ2) is 19.8. The van der Waals surface area contributed by atoms with Crippen molar-refractivity contribution in [3.63, 3.8) is 0 Å². The number of hydrogen-bond donors (Lipinski definition) is 4. The number of halogens is 1. The summed E-state index contributed by atoms with van der Waals surface area (Å²) in [6.45, 7) is 10.8. The summed E-state index contributed by atoms with van der Waals surface area (Å²) in [5, 5.41) is 4.56. The number of rotatable bonds is 12. The zero-order valence-electron chi connectivity index (χ0n) is 34.9. The van der Waals surface area contributed by atoms with Crippen LogP contribution in [0, 0.1) is 11.7 Å². The molecule has 0 bridgehead atoms. The van der Waals surface area contributed by atoms with E-state index in [0.29, 0.717) is 23.8 Å². The highest BCUT2D eigenvalue weighted by atomic mass is 32.1. The molecule has 2 aromatic carbocycles. The number of aldehydes is 1. The predicted octanol–water partition coefficient (Wildman–Crippen LogP) is 8.62. The van der Waals surface area contributed by atoms with Gasteiger partial charge in [0.25, 0.3) is 0 Å². The summed E-state index contributed by atoms with van der Waals surface area (Å²) in [5.41, 5.74) is 10.4. The Balaban J connectivity index is 0.000000435. The summed E-state index contributed by atoms with van der Waals surface area (Å²) in [4.78, 5) is 39.0. The SMILES string of the molecule is C=O.CCCN(C)Cc1ncc(-c2cc(F)c3c(c2)OC(c2ccc(C4CC4)s2)n2c-3cc3cc(-c4cnc(C5CCCN5)[nH]4)ccc32)[nH]1.CN.COC(C=O)C(C)C. The fourth-order valence-corrected chi connectivity index (χ4v) is 8.94. The number of H-pyrrole nitrogens is 2. The van der Waals surface area contributed by atoms with Gasteiger partial charge in [-0.3, -0.25) is 9.47 Å². The number of carbonyl (C=O) groups is 2. The van der Waals surface area contributed by atoms with Crippen LogP contribution in [-0.2, 0) is 20.9 Å². The number of nitrogens with two attached hydrogens (primary N) is 1. The van der Waals surface area contributed by atoms with Crippen LogP contribution in [0.1, 0.15) is 92.5 Å². The highest BCUT2D eigenvalue weighted by Gasteiger charge is 2.34. The van der Waals surface area contributed by atoms with Gasteiger partial charge in [0.15, 0.2) is 0 Å². The van der Waals surface area contributed by atoms with E-state index < -0.39 is 6.23 Å². The molecule has 2 aliphatic heterocycles. The molecule has 314 valence electrons. The lowest BCUT2D eigenvalue weighted by Crippen LogP contribution is -2.22. The Morgan fingerprint density at radius 3 is 2.44 bits per heavy atom. The number of aromatic amines is 2. The van der Waals surface area contributed by atoms with Gasteiger partial charge in [0.1, 0.15) is 42.4 Å². The van der Waals surface area contributed by atoms with Gasteiger partial charge in [-0.25, -0.2) is 14.4 Å². The van der Waals surface area contributed by atoms with Crippen LogP contribution in [0.4, 0.5) is 4.39 Å². The third kappa shape index (κ3) is 9.58. The summed E-state index contributed by atoms with van der Waals surface area (Å²) < 4.78 is 30.1. The average Bonchev–Trinajstić information content (AvgIpc) is 3.85. The van der Waals surface area contributed by atoms with E-state index in [1.165, 1.54) is 24.8 Å². The number of carbonyl (C=O) groups excluding carboxylic acids is 2. The first-order chi connectivity index (χ1) is 28.7. The Morgan fingerprint density at radius 1 is 1.03 bits per heavy atom. The third-order valence-corrected chi connectivity index (χ3v) is 12.1. The monoisotopic (exact) mass is 824 g/mol. The molecule has 9 rings (SSSR count). The molecular formula is C45H57FN8O4S. The third-order valence-electron chi connectivity index (χ3n) is 10.8. The molecule has 59 heavy (non-hydrogen) atoms. The fraction of sp³-hybridized carbons (Fsp3) is 0.422. The minimum atomic E-state index is -0.403. The van der Waals surface area contributed by atoms with Crippen LogP contribution in [0.15, 0.2) is 60.9 Å². The maximum Gasteiger partial charge on any atom is 0.212 e. The number of benzene rings is 2. The van der Waals surface area contributed by atoms with E-state index in [1.807, 2.05) is 44.2 Å². The Hall–Kier alpha value is -4.99. The minimum Gasteiger partial charge on any atom is -0.464 e. The molecule has 12 nitrogen and oxygen atoms in total. The number of imidazole rings is 2. The van der Waals surface area contributed by atoms with Crippen LogP contribution in [-0.4, -0.2) is 82.9 Å². The van der Waals surface area contributed by atoms with Crippen molar-refractivity contribution in [3.05, 3.63) is 88.1 Å². The first-order valence-electron chi connectivity index (χ1n) is 20.4. The molecule has 0 amide bonds. The number of ether oxygens (including phenoxy) is 2. The van der Waals surface area contributed by atoms with Crippen molar-refractivity contribution in [2.75, 3.05) is 34.3 Å². The van der Waals surface area contributed by atoms with Gasteiger partial charge in [-0.05, 0) is 114 Å². The van der Waals surface area contributed by atoms with Crippen molar-refractivity contribution >= 4 is 35.3 Å². The smallest absolute Gasteiger partial charge is 0.212 e. The van der Waals surface area contributed by atoms with Crippen molar-refractivity contribution < 1.29 is 23.5 Å². The molecule has 3 aliphatic rings. The van der Waals surface area contributed by atoms with Crippen molar-refractivity contribution in [1.29, 1.82) is 0 Å². The molecular weight excluding hydrogens is 768 g/mol. The number of fused-ring (bicyclic) bond motifs is 5. The van der Waals surface area contributed by atoms with E-state index in [0.717, 1.165) is 94.3 Å². The molecule has 6 aromatic rings. The molecule has 1 aliphatic carbocycles. The Labute approximate surface area is 349 Å². The lowest BCUT2D eigenvalue weighted by molar-refractivity contribution is -0.118. The van der Waals surface area contributed by atoms with E-state index in [9.17, 15) is 4.79 Å². The van der Waals surface area contributed by atoms with Crippen LogP contribution >= 0.6 is 11.3 Å². The van der Waals surface area contributed by atoms with Crippen molar-refractivity contribution in [2.24, 2.45) is 11.7 Å². The first kappa shape index (κ1) is 43.6. The fourth-order valence-electron chi connectivity index (χ4n) is 7.74. The number of methoxy groups -OCH3 is 1. The van der Waals surface area contributed by atoms with E-state index >= 15 is 4.39 Å². The number of nitrogens with one attached hydrogen (secondary N) is 3. The molecule has 3 unspecified atom stereocenters. The van der Waals surface area contributed by atoms with Crippen LogP contribution in [0.5, 0.6) is 5.75 Å². The molecule has 5 N–H and O–H groups in total. The zero-order valence-corrected chi connectivity index (χ0v) is 35.7. The second-order valence-corrected chi connectivity index (χ2v) is 16.5. The summed E-state index contributed by atoms with van der Waals surface area (Å²) in [7, 11) is 5.12. The van der Waals surface area contributed by atoms with Crippen molar-refractivity contribution in [1.82, 2.24) is 34.7 Å². The van der Waals surface area contributed by atoms with Gasteiger partial charge in [0.05, 0.1) is 58.0 Å². The Bertz CT molecular complexity index is 2300. The van der Waals surface area contributed by atoms with E-state index in [2.05, 4.69) is 85.8 Å². The number of aromatic nitrogens is 5. The quantitative estimate of drug-likeness (QED) is 0.0888. The lowest BCUT2D eigenvalue weighted by Gasteiger charge is -2.30. The maximum absolute atomic E-state index is 16.3. The average molecular weight is 825 g/mol.